The van der Waals surface area contributed by atoms with Gasteiger partial charge in [0.25, 0.3) is 0 Å². The molecule has 2 bridgehead atoms. The van der Waals surface area contributed by atoms with E-state index >= 15 is 0 Å². The van der Waals surface area contributed by atoms with Crippen LogP contribution >= 0.6 is 0 Å². The lowest BCUT2D eigenvalue weighted by Crippen LogP contribution is -2.63. The first kappa shape index (κ1) is 22.1. The zero-order chi connectivity index (χ0) is 23.1. The van der Waals surface area contributed by atoms with Gasteiger partial charge in [-0.15, -0.1) is 0 Å². The molecule has 2 aromatic carbocycles. The van der Waals surface area contributed by atoms with Gasteiger partial charge in [-0.3, -0.25) is 4.90 Å². The number of carbonyl (C=O) groups excluding carboxylic acids is 1. The number of benzene rings is 2. The van der Waals surface area contributed by atoms with Gasteiger partial charge in [-0.2, -0.15) is 0 Å². The van der Waals surface area contributed by atoms with E-state index in [2.05, 4.69) is 48.5 Å². The van der Waals surface area contributed by atoms with Crippen molar-refractivity contribution in [2.24, 2.45) is 5.92 Å². The Morgan fingerprint density at radius 2 is 1.53 bits per heavy atom. The van der Waals surface area contributed by atoms with Crippen molar-refractivity contribution in [2.45, 2.75) is 75.0 Å². The molecule has 1 N–H and O–H groups in total. The summed E-state index contributed by atoms with van der Waals surface area (Å²) < 4.78 is 11.8. The van der Waals surface area contributed by atoms with E-state index in [1.165, 1.54) is 54.4 Å². The van der Waals surface area contributed by atoms with Crippen LogP contribution in [0, 0.1) is 5.92 Å². The zero-order valence-electron chi connectivity index (χ0n) is 19.8. The molecule has 2 saturated heterocycles. The van der Waals surface area contributed by atoms with E-state index in [1.54, 1.807) is 0 Å². The molecule has 1 saturated carbocycles. The number of piperidine rings is 1. The van der Waals surface area contributed by atoms with Gasteiger partial charge in [-0.1, -0.05) is 80.6 Å². The second-order valence-corrected chi connectivity index (χ2v) is 10.9. The third-order valence-corrected chi connectivity index (χ3v) is 8.58. The second-order valence-electron chi connectivity index (χ2n) is 10.9. The Kier molecular flexibility index (Phi) is 5.86. The Morgan fingerprint density at radius 3 is 2.15 bits per heavy atom. The van der Waals surface area contributed by atoms with Crippen molar-refractivity contribution >= 4 is 6.09 Å². The lowest BCUT2D eigenvalue weighted by atomic mass is 9.73. The number of carbonyl (C=O) groups is 1. The summed E-state index contributed by atoms with van der Waals surface area (Å²) in [7, 11) is 0. The van der Waals surface area contributed by atoms with Crippen molar-refractivity contribution in [3.8, 4) is 11.1 Å². The average molecular weight is 462 g/mol. The lowest BCUT2D eigenvalue weighted by molar-refractivity contribution is -0.140. The smallest absolute Gasteiger partial charge is 0.410 e. The van der Waals surface area contributed by atoms with Gasteiger partial charge >= 0.3 is 6.09 Å². The minimum atomic E-state index is -0.693. The Bertz CT molecular complexity index is 986. The fourth-order valence-electron chi connectivity index (χ4n) is 7.14. The van der Waals surface area contributed by atoms with Crippen LogP contribution in [0.15, 0.2) is 48.5 Å². The molecule has 5 nitrogen and oxygen atoms in total. The minimum Gasteiger partial charge on any atom is -0.448 e. The van der Waals surface area contributed by atoms with Crippen LogP contribution in [0.25, 0.3) is 11.1 Å². The van der Waals surface area contributed by atoms with Crippen LogP contribution in [0.4, 0.5) is 4.79 Å². The molecule has 3 fully saturated rings. The van der Waals surface area contributed by atoms with Crippen molar-refractivity contribution in [1.82, 2.24) is 4.90 Å². The molecule has 4 aliphatic rings. The number of hydrogen-bond acceptors (Lipinski definition) is 4. The van der Waals surface area contributed by atoms with Crippen molar-refractivity contribution in [2.75, 3.05) is 19.8 Å². The number of hydrogen-bond donors (Lipinski definition) is 1. The van der Waals surface area contributed by atoms with Gasteiger partial charge in [0.2, 0.25) is 0 Å². The summed E-state index contributed by atoms with van der Waals surface area (Å²) in [6.07, 6.45) is 8.11. The number of nitrogens with zero attached hydrogens (tertiary/aromatic N) is 1. The molecule has 5 heteroatoms. The van der Waals surface area contributed by atoms with Gasteiger partial charge in [0.15, 0.2) is 0 Å². The van der Waals surface area contributed by atoms with Gasteiger partial charge in [0.1, 0.15) is 6.61 Å². The summed E-state index contributed by atoms with van der Waals surface area (Å²) in [5.41, 5.74) is 4.22. The minimum absolute atomic E-state index is 0.0560. The third-order valence-electron chi connectivity index (χ3n) is 8.58. The SMILES string of the molecule is O=C(OCC1c2ccccc2-c2ccccc21)N1C2COCC1CC(O)(CC1CCCCC1)C2. The predicted molar refractivity (Wildman–Crippen MR) is 131 cm³/mol. The molecule has 1 amide bonds. The van der Waals surface area contributed by atoms with Crippen LogP contribution in [-0.2, 0) is 9.47 Å². The lowest BCUT2D eigenvalue weighted by Gasteiger charge is -2.51. The van der Waals surface area contributed by atoms with Crippen LogP contribution < -0.4 is 0 Å². The Balaban J connectivity index is 1.15. The van der Waals surface area contributed by atoms with Gasteiger partial charge < -0.3 is 14.6 Å². The van der Waals surface area contributed by atoms with E-state index < -0.39 is 5.60 Å². The van der Waals surface area contributed by atoms with Gasteiger partial charge in [-0.25, -0.2) is 4.79 Å². The summed E-state index contributed by atoms with van der Waals surface area (Å²) >= 11 is 0. The zero-order valence-corrected chi connectivity index (χ0v) is 19.8. The number of rotatable bonds is 4. The van der Waals surface area contributed by atoms with Crippen LogP contribution in [-0.4, -0.2) is 53.6 Å². The van der Waals surface area contributed by atoms with Gasteiger partial charge in [0.05, 0.1) is 30.9 Å². The maximum absolute atomic E-state index is 13.4. The molecular weight excluding hydrogens is 426 g/mol. The standard InChI is InChI=1S/C29H35NO4/c31-28(34-19-27-25-12-6-4-10-23(25)24-11-5-7-13-26(24)27)30-21-15-29(32,16-22(30)18-33-17-21)14-20-8-2-1-3-9-20/h4-7,10-13,20-22,27,32H,1-3,8-9,14-19H2. The number of fused-ring (bicyclic) bond motifs is 5. The molecule has 2 aromatic rings. The molecule has 2 aliphatic heterocycles. The highest BCUT2D eigenvalue weighted by atomic mass is 16.6. The maximum Gasteiger partial charge on any atom is 0.410 e. The first-order valence-corrected chi connectivity index (χ1v) is 13.0. The molecule has 2 unspecified atom stereocenters. The number of amides is 1. The van der Waals surface area contributed by atoms with E-state index in [-0.39, 0.29) is 24.1 Å². The predicted octanol–water partition coefficient (Wildman–Crippen LogP) is 5.50. The van der Waals surface area contributed by atoms with Crippen LogP contribution in [0.5, 0.6) is 0 Å². The molecule has 2 heterocycles. The number of morpholine rings is 1. The first-order valence-electron chi connectivity index (χ1n) is 13.0. The Labute approximate surface area is 202 Å². The van der Waals surface area contributed by atoms with Gasteiger partial charge in [0, 0.05) is 5.92 Å². The van der Waals surface area contributed by atoms with Crippen molar-refractivity contribution in [1.29, 1.82) is 0 Å². The summed E-state index contributed by atoms with van der Waals surface area (Å²) in [5, 5.41) is 11.5. The molecule has 6 rings (SSSR count). The largest absolute Gasteiger partial charge is 0.448 e. The van der Waals surface area contributed by atoms with Crippen molar-refractivity contribution in [3.63, 3.8) is 0 Å². The summed E-state index contributed by atoms with van der Waals surface area (Å²) in [4.78, 5) is 15.2. The van der Waals surface area contributed by atoms with E-state index in [0.29, 0.717) is 38.6 Å². The molecule has 0 spiro atoms. The van der Waals surface area contributed by atoms with E-state index in [0.717, 1.165) is 6.42 Å². The quantitative estimate of drug-likeness (QED) is 0.653. The highest BCUT2D eigenvalue weighted by Gasteiger charge is 2.49. The molecule has 0 aromatic heterocycles. The highest BCUT2D eigenvalue weighted by Crippen LogP contribution is 2.45. The van der Waals surface area contributed by atoms with E-state index in [1.807, 2.05) is 4.90 Å². The van der Waals surface area contributed by atoms with Crippen LogP contribution in [0.2, 0.25) is 0 Å². The summed E-state index contributed by atoms with van der Waals surface area (Å²) in [6.45, 7) is 1.29. The fraction of sp³-hybridized carbons (Fsp3) is 0.552. The molecule has 2 aliphatic carbocycles. The monoisotopic (exact) mass is 461 g/mol. The summed E-state index contributed by atoms with van der Waals surface area (Å²) in [6, 6.07) is 16.6. The van der Waals surface area contributed by atoms with Crippen molar-refractivity contribution < 1.29 is 19.4 Å². The molecule has 2 atom stereocenters. The Hall–Kier alpha value is -2.37. The number of aliphatic hydroxyl groups is 1. The fourth-order valence-corrected chi connectivity index (χ4v) is 7.14. The first-order chi connectivity index (χ1) is 16.6. The van der Waals surface area contributed by atoms with Gasteiger partial charge in [-0.05, 0) is 47.4 Å². The molecule has 180 valence electrons. The maximum atomic E-state index is 13.4. The Morgan fingerprint density at radius 1 is 0.941 bits per heavy atom. The summed E-state index contributed by atoms with van der Waals surface area (Å²) in [5.74, 6) is 0.668. The third kappa shape index (κ3) is 4.03. The number of ether oxygens (including phenoxy) is 2. The highest BCUT2D eigenvalue weighted by molar-refractivity contribution is 5.79. The normalized spacial score (nSPS) is 28.9. The molecular formula is C29H35NO4. The van der Waals surface area contributed by atoms with Crippen molar-refractivity contribution in [3.05, 3.63) is 59.7 Å². The van der Waals surface area contributed by atoms with E-state index in [4.69, 9.17) is 9.47 Å². The van der Waals surface area contributed by atoms with Crippen LogP contribution in [0.1, 0.15) is 68.4 Å². The molecule has 34 heavy (non-hydrogen) atoms. The van der Waals surface area contributed by atoms with Crippen LogP contribution in [0.3, 0.4) is 0 Å². The van der Waals surface area contributed by atoms with E-state index in [9.17, 15) is 9.90 Å². The topological polar surface area (TPSA) is 59.0 Å². The molecule has 0 radical (unpaired) electrons. The second kappa shape index (κ2) is 9.01. The average Bonchev–Trinajstić information content (AvgIpc) is 3.16.